The fourth-order valence-electron chi connectivity index (χ4n) is 1.61. The Labute approximate surface area is 96.1 Å². The molecule has 0 spiro atoms. The van der Waals surface area contributed by atoms with Crippen LogP contribution in [0.1, 0.15) is 19.3 Å². The van der Waals surface area contributed by atoms with Gasteiger partial charge >= 0.3 is 0 Å². The summed E-state index contributed by atoms with van der Waals surface area (Å²) in [6.45, 7) is 5.38. The van der Waals surface area contributed by atoms with E-state index in [-0.39, 0.29) is 11.9 Å². The largest absolute Gasteiger partial charge is 0.354 e. The number of carbonyl (C=O) groups is 1. The first-order chi connectivity index (χ1) is 7.34. The third-order valence-electron chi connectivity index (χ3n) is 2.41. The van der Waals surface area contributed by atoms with Gasteiger partial charge in [0, 0.05) is 18.1 Å². The molecule has 0 unspecified atom stereocenters. The fraction of sp³-hybridized carbons (Fsp3) is 0.727. The molecule has 3 nitrogen and oxygen atoms in total. The van der Waals surface area contributed by atoms with Gasteiger partial charge in [0.25, 0.3) is 0 Å². The van der Waals surface area contributed by atoms with E-state index >= 15 is 0 Å². The summed E-state index contributed by atoms with van der Waals surface area (Å²) in [5.41, 5.74) is 0. The summed E-state index contributed by atoms with van der Waals surface area (Å²) >= 11 is 1.79. The van der Waals surface area contributed by atoms with E-state index < -0.39 is 0 Å². The van der Waals surface area contributed by atoms with Crippen LogP contribution in [0, 0.1) is 0 Å². The SMILES string of the molecule is C=CCSCCNC(=O)[C@H]1CCCCN1. The molecule has 0 saturated carbocycles. The summed E-state index contributed by atoms with van der Waals surface area (Å²) in [7, 11) is 0. The molecule has 15 heavy (non-hydrogen) atoms. The summed E-state index contributed by atoms with van der Waals surface area (Å²) in [5.74, 6) is 2.08. The highest BCUT2D eigenvalue weighted by molar-refractivity contribution is 7.99. The van der Waals surface area contributed by atoms with E-state index in [1.54, 1.807) is 11.8 Å². The molecule has 2 N–H and O–H groups in total. The molecule has 0 radical (unpaired) electrons. The van der Waals surface area contributed by atoms with Crippen molar-refractivity contribution in [2.24, 2.45) is 0 Å². The molecule has 1 aliphatic rings. The topological polar surface area (TPSA) is 41.1 Å². The van der Waals surface area contributed by atoms with Crippen LogP contribution in [0.25, 0.3) is 0 Å². The van der Waals surface area contributed by atoms with E-state index in [4.69, 9.17) is 0 Å². The van der Waals surface area contributed by atoms with Gasteiger partial charge in [-0.1, -0.05) is 12.5 Å². The third kappa shape index (κ3) is 5.23. The molecule has 1 fully saturated rings. The van der Waals surface area contributed by atoms with Gasteiger partial charge < -0.3 is 10.6 Å². The van der Waals surface area contributed by atoms with Gasteiger partial charge in [-0.3, -0.25) is 4.79 Å². The average Bonchev–Trinajstić information content (AvgIpc) is 2.30. The lowest BCUT2D eigenvalue weighted by Gasteiger charge is -2.22. The Balaban J connectivity index is 2.04. The number of thioether (sulfide) groups is 1. The number of hydrogen-bond donors (Lipinski definition) is 2. The molecule has 0 aromatic heterocycles. The summed E-state index contributed by atoms with van der Waals surface area (Å²) in [6.07, 6.45) is 5.22. The minimum Gasteiger partial charge on any atom is -0.354 e. The maximum Gasteiger partial charge on any atom is 0.237 e. The fourth-order valence-corrected chi connectivity index (χ4v) is 2.19. The van der Waals surface area contributed by atoms with E-state index in [0.717, 1.165) is 37.4 Å². The van der Waals surface area contributed by atoms with Crippen molar-refractivity contribution in [3.05, 3.63) is 12.7 Å². The second kappa shape index (κ2) is 7.77. The molecule has 1 aliphatic heterocycles. The second-order valence-electron chi connectivity index (χ2n) is 3.66. The van der Waals surface area contributed by atoms with Crippen LogP contribution >= 0.6 is 11.8 Å². The van der Waals surface area contributed by atoms with Crippen LogP contribution in [0.5, 0.6) is 0 Å². The molecule has 1 amide bonds. The highest BCUT2D eigenvalue weighted by Gasteiger charge is 2.19. The first-order valence-electron chi connectivity index (χ1n) is 5.54. The molecule has 1 saturated heterocycles. The van der Waals surface area contributed by atoms with Gasteiger partial charge in [0.15, 0.2) is 0 Å². The van der Waals surface area contributed by atoms with E-state index in [1.165, 1.54) is 6.42 Å². The summed E-state index contributed by atoms with van der Waals surface area (Å²) in [5, 5.41) is 6.19. The minimum absolute atomic E-state index is 0.0446. The van der Waals surface area contributed by atoms with Gasteiger partial charge in [0.05, 0.1) is 6.04 Å². The van der Waals surface area contributed by atoms with Crippen LogP contribution in [0.3, 0.4) is 0 Å². The van der Waals surface area contributed by atoms with E-state index in [2.05, 4.69) is 17.2 Å². The first kappa shape index (κ1) is 12.6. The minimum atomic E-state index is 0.0446. The lowest BCUT2D eigenvalue weighted by molar-refractivity contribution is -0.123. The zero-order valence-corrected chi connectivity index (χ0v) is 9.94. The predicted octanol–water partition coefficient (Wildman–Crippen LogP) is 1.16. The van der Waals surface area contributed by atoms with Crippen LogP contribution in [0.4, 0.5) is 0 Å². The molecule has 0 bridgehead atoms. The molecule has 1 atom stereocenters. The Bertz CT molecular complexity index is 203. The van der Waals surface area contributed by atoms with Crippen molar-refractivity contribution in [3.8, 4) is 0 Å². The first-order valence-corrected chi connectivity index (χ1v) is 6.70. The van der Waals surface area contributed by atoms with E-state index in [0.29, 0.717) is 0 Å². The van der Waals surface area contributed by atoms with Gasteiger partial charge in [0.1, 0.15) is 0 Å². The molecular formula is C11H20N2OS. The van der Waals surface area contributed by atoms with Crippen molar-refractivity contribution >= 4 is 17.7 Å². The predicted molar refractivity (Wildman–Crippen MR) is 66.2 cm³/mol. The number of amides is 1. The summed E-state index contributed by atoms with van der Waals surface area (Å²) < 4.78 is 0. The Morgan fingerprint density at radius 2 is 2.47 bits per heavy atom. The monoisotopic (exact) mass is 228 g/mol. The molecule has 0 aromatic carbocycles. The lowest BCUT2D eigenvalue weighted by atomic mass is 10.0. The van der Waals surface area contributed by atoms with Gasteiger partial charge in [0.2, 0.25) is 5.91 Å². The second-order valence-corrected chi connectivity index (χ2v) is 4.81. The smallest absolute Gasteiger partial charge is 0.237 e. The van der Waals surface area contributed by atoms with Crippen molar-refractivity contribution < 1.29 is 4.79 Å². The molecule has 0 aliphatic carbocycles. The highest BCUT2D eigenvalue weighted by Crippen LogP contribution is 2.06. The van der Waals surface area contributed by atoms with Crippen molar-refractivity contribution in [2.75, 3.05) is 24.6 Å². The number of hydrogen-bond acceptors (Lipinski definition) is 3. The van der Waals surface area contributed by atoms with Crippen LogP contribution < -0.4 is 10.6 Å². The van der Waals surface area contributed by atoms with E-state index in [9.17, 15) is 4.79 Å². The molecular weight excluding hydrogens is 208 g/mol. The molecule has 86 valence electrons. The van der Waals surface area contributed by atoms with Crippen LogP contribution in [0.2, 0.25) is 0 Å². The summed E-state index contributed by atoms with van der Waals surface area (Å²) in [6, 6.07) is 0.0446. The third-order valence-corrected chi connectivity index (χ3v) is 3.37. The van der Waals surface area contributed by atoms with Crippen molar-refractivity contribution in [3.63, 3.8) is 0 Å². The van der Waals surface area contributed by atoms with Gasteiger partial charge in [-0.15, -0.1) is 6.58 Å². The number of carbonyl (C=O) groups excluding carboxylic acids is 1. The van der Waals surface area contributed by atoms with Crippen molar-refractivity contribution in [1.82, 2.24) is 10.6 Å². The van der Waals surface area contributed by atoms with Crippen LogP contribution in [-0.4, -0.2) is 36.5 Å². The lowest BCUT2D eigenvalue weighted by Crippen LogP contribution is -2.47. The Kier molecular flexibility index (Phi) is 6.52. The Hall–Kier alpha value is -0.480. The number of nitrogens with one attached hydrogen (secondary N) is 2. The Morgan fingerprint density at radius 3 is 3.13 bits per heavy atom. The van der Waals surface area contributed by atoms with Crippen LogP contribution in [-0.2, 0) is 4.79 Å². The summed E-state index contributed by atoms with van der Waals surface area (Å²) in [4.78, 5) is 11.6. The maximum absolute atomic E-state index is 11.6. The van der Waals surface area contributed by atoms with Crippen molar-refractivity contribution in [1.29, 1.82) is 0 Å². The molecule has 0 aromatic rings. The highest BCUT2D eigenvalue weighted by atomic mass is 32.2. The zero-order chi connectivity index (χ0) is 10.9. The zero-order valence-electron chi connectivity index (χ0n) is 9.13. The van der Waals surface area contributed by atoms with Gasteiger partial charge in [-0.25, -0.2) is 0 Å². The molecule has 1 rings (SSSR count). The van der Waals surface area contributed by atoms with E-state index in [1.807, 2.05) is 6.08 Å². The van der Waals surface area contributed by atoms with Gasteiger partial charge in [-0.05, 0) is 19.4 Å². The quantitative estimate of drug-likeness (QED) is 0.529. The van der Waals surface area contributed by atoms with Crippen molar-refractivity contribution in [2.45, 2.75) is 25.3 Å². The number of rotatable bonds is 6. The average molecular weight is 228 g/mol. The molecule has 4 heteroatoms. The normalized spacial score (nSPS) is 20.9. The molecule has 1 heterocycles. The van der Waals surface area contributed by atoms with Crippen LogP contribution in [0.15, 0.2) is 12.7 Å². The standard InChI is InChI=1S/C11H20N2OS/c1-2-8-15-9-7-13-11(14)10-5-3-4-6-12-10/h2,10,12H,1,3-9H2,(H,13,14)/t10-/m1/s1. The Morgan fingerprint density at radius 1 is 1.60 bits per heavy atom. The maximum atomic E-state index is 11.6. The number of piperidine rings is 1. The van der Waals surface area contributed by atoms with Gasteiger partial charge in [-0.2, -0.15) is 11.8 Å².